The standard InChI is InChI=1S/C11H18N2O4/c1-2-3-8-17-11(16)13-9(10(14)15)6-4-5-7-12/h9H,2,4-7,12H2,1H3,(H,13,16)(H,14,15). The molecule has 6 nitrogen and oxygen atoms in total. The van der Waals surface area contributed by atoms with Crippen LogP contribution in [0.25, 0.3) is 0 Å². The molecule has 0 saturated heterocycles. The molecule has 0 aliphatic rings. The fraction of sp³-hybridized carbons (Fsp3) is 0.636. The quantitative estimate of drug-likeness (QED) is 0.469. The Morgan fingerprint density at radius 2 is 2.18 bits per heavy atom. The summed E-state index contributed by atoms with van der Waals surface area (Å²) in [6.45, 7) is 2.31. The third-order valence-electron chi connectivity index (χ3n) is 1.93. The molecule has 1 amide bonds. The van der Waals surface area contributed by atoms with Gasteiger partial charge < -0.3 is 20.9 Å². The molecule has 0 radical (unpaired) electrons. The van der Waals surface area contributed by atoms with Gasteiger partial charge in [-0.15, -0.1) is 0 Å². The van der Waals surface area contributed by atoms with Gasteiger partial charge in [-0.3, -0.25) is 0 Å². The molecule has 96 valence electrons. The number of carbonyl (C=O) groups is 2. The second-order valence-electron chi connectivity index (χ2n) is 3.34. The van der Waals surface area contributed by atoms with E-state index in [4.69, 9.17) is 10.8 Å². The van der Waals surface area contributed by atoms with Crippen LogP contribution in [-0.2, 0) is 9.53 Å². The van der Waals surface area contributed by atoms with Gasteiger partial charge in [0.05, 0.1) is 0 Å². The number of nitrogens with two attached hydrogens (primary N) is 1. The summed E-state index contributed by atoms with van der Waals surface area (Å²) in [6, 6.07) is -0.961. The number of carbonyl (C=O) groups excluding carboxylic acids is 1. The summed E-state index contributed by atoms with van der Waals surface area (Å²) in [5, 5.41) is 11.1. The maximum Gasteiger partial charge on any atom is 0.421 e. The molecule has 0 aromatic rings. The number of carboxylic acid groups (broad SMARTS) is 1. The van der Waals surface area contributed by atoms with Crippen LogP contribution in [0.5, 0.6) is 0 Å². The maximum atomic E-state index is 11.1. The van der Waals surface area contributed by atoms with Crippen molar-refractivity contribution in [3.8, 4) is 12.0 Å². The van der Waals surface area contributed by atoms with Crippen LogP contribution < -0.4 is 11.1 Å². The highest BCUT2D eigenvalue weighted by Crippen LogP contribution is 2.01. The van der Waals surface area contributed by atoms with Gasteiger partial charge in [0.2, 0.25) is 0 Å². The molecular weight excluding hydrogens is 224 g/mol. The van der Waals surface area contributed by atoms with Crippen molar-refractivity contribution in [3.63, 3.8) is 0 Å². The Hall–Kier alpha value is -1.74. The van der Waals surface area contributed by atoms with Crippen molar-refractivity contribution < 1.29 is 19.4 Å². The zero-order chi connectivity index (χ0) is 13.1. The number of hydrogen-bond acceptors (Lipinski definition) is 4. The van der Waals surface area contributed by atoms with E-state index < -0.39 is 18.1 Å². The lowest BCUT2D eigenvalue weighted by Gasteiger charge is -2.12. The van der Waals surface area contributed by atoms with Crippen LogP contribution in [0.1, 0.15) is 32.6 Å². The third kappa shape index (κ3) is 8.11. The molecule has 6 heteroatoms. The maximum absolute atomic E-state index is 11.1. The zero-order valence-electron chi connectivity index (χ0n) is 9.86. The highest BCUT2D eigenvalue weighted by atomic mass is 16.5. The van der Waals surface area contributed by atoms with E-state index in [2.05, 4.69) is 22.1 Å². The lowest BCUT2D eigenvalue weighted by atomic mass is 10.1. The van der Waals surface area contributed by atoms with Crippen LogP contribution in [-0.4, -0.2) is 29.8 Å². The number of aliphatic carboxylic acids is 1. The van der Waals surface area contributed by atoms with E-state index in [1.165, 1.54) is 0 Å². The second kappa shape index (κ2) is 9.48. The van der Waals surface area contributed by atoms with Crippen molar-refractivity contribution in [1.29, 1.82) is 0 Å². The Balaban J connectivity index is 4.06. The van der Waals surface area contributed by atoms with Crippen LogP contribution in [0, 0.1) is 12.0 Å². The van der Waals surface area contributed by atoms with E-state index in [0.29, 0.717) is 25.8 Å². The molecule has 0 spiro atoms. The number of nitrogens with one attached hydrogen (secondary N) is 1. The van der Waals surface area contributed by atoms with Gasteiger partial charge in [-0.1, -0.05) is 12.8 Å². The minimum Gasteiger partial charge on any atom is -0.480 e. The van der Waals surface area contributed by atoms with Crippen LogP contribution in [0.15, 0.2) is 0 Å². The lowest BCUT2D eigenvalue weighted by molar-refractivity contribution is -0.139. The molecule has 0 heterocycles. The van der Waals surface area contributed by atoms with Crippen LogP contribution in [0.2, 0.25) is 0 Å². The van der Waals surface area contributed by atoms with Gasteiger partial charge >= 0.3 is 12.1 Å². The highest BCUT2D eigenvalue weighted by molar-refractivity contribution is 5.80. The fourth-order valence-electron chi connectivity index (χ4n) is 1.08. The van der Waals surface area contributed by atoms with E-state index in [0.717, 1.165) is 6.42 Å². The summed E-state index contributed by atoms with van der Waals surface area (Å²) in [5.41, 5.74) is 5.30. The fourth-order valence-corrected chi connectivity index (χ4v) is 1.08. The number of unbranched alkanes of at least 4 members (excludes halogenated alkanes) is 1. The number of alkyl carbamates (subject to hydrolysis) is 1. The predicted molar refractivity (Wildman–Crippen MR) is 62.0 cm³/mol. The Bertz CT molecular complexity index is 306. The molecule has 0 saturated carbocycles. The van der Waals surface area contributed by atoms with Crippen LogP contribution in [0.4, 0.5) is 4.79 Å². The molecule has 17 heavy (non-hydrogen) atoms. The number of hydrogen-bond donors (Lipinski definition) is 3. The summed E-state index contributed by atoms with van der Waals surface area (Å²) >= 11 is 0. The molecule has 0 aromatic heterocycles. The summed E-state index contributed by atoms with van der Waals surface area (Å²) in [6.07, 6.45) is 3.57. The van der Waals surface area contributed by atoms with Gasteiger partial charge in [-0.25, -0.2) is 9.59 Å². The molecule has 0 rings (SSSR count). The Morgan fingerprint density at radius 3 is 2.71 bits per heavy atom. The van der Waals surface area contributed by atoms with Crippen molar-refractivity contribution >= 4 is 12.1 Å². The van der Waals surface area contributed by atoms with Crippen molar-refractivity contribution in [3.05, 3.63) is 0 Å². The van der Waals surface area contributed by atoms with Crippen LogP contribution >= 0.6 is 0 Å². The summed E-state index contributed by atoms with van der Waals surface area (Å²) < 4.78 is 4.47. The molecule has 4 N–H and O–H groups in total. The average molecular weight is 242 g/mol. The molecule has 0 bridgehead atoms. The van der Waals surface area contributed by atoms with E-state index in [-0.39, 0.29) is 0 Å². The molecule has 1 unspecified atom stereocenters. The minimum atomic E-state index is -1.09. The van der Waals surface area contributed by atoms with Crippen molar-refractivity contribution in [2.24, 2.45) is 5.73 Å². The molecular formula is C11H18N2O4. The number of amides is 1. The van der Waals surface area contributed by atoms with Gasteiger partial charge in [0.25, 0.3) is 0 Å². The van der Waals surface area contributed by atoms with Crippen LogP contribution in [0.3, 0.4) is 0 Å². The number of rotatable bonds is 6. The smallest absolute Gasteiger partial charge is 0.421 e. The Morgan fingerprint density at radius 1 is 1.47 bits per heavy atom. The molecule has 0 aliphatic heterocycles. The molecule has 0 aliphatic carbocycles. The second-order valence-corrected chi connectivity index (χ2v) is 3.34. The first-order chi connectivity index (χ1) is 8.11. The van der Waals surface area contributed by atoms with Gasteiger partial charge in [0, 0.05) is 6.42 Å². The number of carboxylic acids is 1. The topological polar surface area (TPSA) is 102 Å². The van der Waals surface area contributed by atoms with Crippen molar-refractivity contribution in [1.82, 2.24) is 5.32 Å². The normalized spacial score (nSPS) is 10.9. The zero-order valence-corrected chi connectivity index (χ0v) is 9.86. The average Bonchev–Trinajstić information content (AvgIpc) is 2.28. The van der Waals surface area contributed by atoms with Crippen molar-refractivity contribution in [2.45, 2.75) is 38.6 Å². The van der Waals surface area contributed by atoms with Gasteiger partial charge in [-0.05, 0) is 25.8 Å². The predicted octanol–water partition coefficient (Wildman–Crippen LogP) is 0.666. The molecule has 1 atom stereocenters. The Labute approximate surface area is 101 Å². The summed E-state index contributed by atoms with van der Waals surface area (Å²) in [5.74, 6) is 1.44. The third-order valence-corrected chi connectivity index (χ3v) is 1.93. The van der Waals surface area contributed by atoms with Gasteiger partial charge in [0.15, 0.2) is 0 Å². The van der Waals surface area contributed by atoms with E-state index in [1.807, 2.05) is 0 Å². The van der Waals surface area contributed by atoms with E-state index in [9.17, 15) is 9.59 Å². The first kappa shape index (κ1) is 15.3. The highest BCUT2D eigenvalue weighted by Gasteiger charge is 2.19. The SMILES string of the molecule is CCC#COC(=O)NC(CCCCN)C(=O)O. The number of ether oxygens (including phenoxy) is 1. The Kier molecular flexibility index (Phi) is 8.51. The van der Waals surface area contributed by atoms with Gasteiger partial charge in [0.1, 0.15) is 12.1 Å². The summed E-state index contributed by atoms with van der Waals surface area (Å²) in [7, 11) is 0. The monoisotopic (exact) mass is 242 g/mol. The lowest BCUT2D eigenvalue weighted by Crippen LogP contribution is -2.40. The van der Waals surface area contributed by atoms with Crippen molar-refractivity contribution in [2.75, 3.05) is 6.54 Å². The molecule has 0 aromatic carbocycles. The largest absolute Gasteiger partial charge is 0.480 e. The van der Waals surface area contributed by atoms with E-state index in [1.54, 1.807) is 6.92 Å². The van der Waals surface area contributed by atoms with E-state index >= 15 is 0 Å². The molecule has 0 fully saturated rings. The first-order valence-corrected chi connectivity index (χ1v) is 5.49. The minimum absolute atomic E-state index is 0.322. The van der Waals surface area contributed by atoms with Gasteiger partial charge in [-0.2, -0.15) is 0 Å². The first-order valence-electron chi connectivity index (χ1n) is 5.49. The summed E-state index contributed by atoms with van der Waals surface area (Å²) in [4.78, 5) is 22.0.